The van der Waals surface area contributed by atoms with Crippen molar-refractivity contribution in [3.63, 3.8) is 0 Å². The summed E-state index contributed by atoms with van der Waals surface area (Å²) in [7, 11) is 0. The van der Waals surface area contributed by atoms with Crippen molar-refractivity contribution >= 4 is 39.0 Å². The molecule has 0 spiro atoms. The number of hydrogen-bond donors (Lipinski definition) is 2. The molecule has 2 aromatic rings. The molecule has 0 fully saturated rings. The van der Waals surface area contributed by atoms with Gasteiger partial charge in [-0.1, -0.05) is 20.3 Å². The van der Waals surface area contributed by atoms with Crippen LogP contribution < -0.4 is 5.32 Å². The number of carbonyl (C=O) groups is 2. The Kier molecular flexibility index (Phi) is 4.95. The molecule has 2 rings (SSSR count). The average molecular weight is 336 g/mol. The second-order valence-electron chi connectivity index (χ2n) is 5.26. The number of carboxylic acids is 1. The average Bonchev–Trinajstić information content (AvgIpc) is 2.94. The monoisotopic (exact) mass is 336 g/mol. The van der Waals surface area contributed by atoms with Gasteiger partial charge in [0.2, 0.25) is 0 Å². The number of nitro groups is 1. The molecular formula is C15H16N2O5S. The molecule has 1 amide bonds. The van der Waals surface area contributed by atoms with E-state index in [1.165, 1.54) is 29.5 Å². The second-order valence-corrected chi connectivity index (χ2v) is 6.35. The van der Waals surface area contributed by atoms with E-state index in [1.54, 1.807) is 13.0 Å². The number of thiophene rings is 1. The highest BCUT2D eigenvalue weighted by Crippen LogP contribution is 2.29. The number of aliphatic carboxylic acids is 1. The van der Waals surface area contributed by atoms with Crippen molar-refractivity contribution in [2.24, 2.45) is 5.92 Å². The summed E-state index contributed by atoms with van der Waals surface area (Å²) in [6.07, 6.45) is 0.621. The van der Waals surface area contributed by atoms with Gasteiger partial charge in [-0.2, -0.15) is 0 Å². The molecule has 0 aliphatic carbocycles. The van der Waals surface area contributed by atoms with Crippen LogP contribution in [-0.2, 0) is 4.79 Å². The Morgan fingerprint density at radius 1 is 1.39 bits per heavy atom. The standard InChI is InChI=1S/C15H16N2O5S/c1-3-8(2)13(15(19)20)16-14(18)12-7-9-6-10(17(21)22)4-5-11(9)23-12/h4-8,13H,3H2,1-2H3,(H,16,18)(H,19,20). The molecule has 8 heteroatoms. The van der Waals surface area contributed by atoms with Gasteiger partial charge >= 0.3 is 5.97 Å². The lowest BCUT2D eigenvalue weighted by Gasteiger charge is -2.19. The lowest BCUT2D eigenvalue weighted by Crippen LogP contribution is -2.44. The van der Waals surface area contributed by atoms with Gasteiger partial charge in [0.1, 0.15) is 6.04 Å². The van der Waals surface area contributed by atoms with Crippen LogP contribution in [0.25, 0.3) is 10.1 Å². The number of carbonyl (C=O) groups excluding carboxylic acids is 1. The zero-order chi connectivity index (χ0) is 17.1. The van der Waals surface area contributed by atoms with Gasteiger partial charge in [0.05, 0.1) is 9.80 Å². The minimum absolute atomic E-state index is 0.0507. The number of hydrogen-bond acceptors (Lipinski definition) is 5. The van der Waals surface area contributed by atoms with E-state index < -0.39 is 22.8 Å². The Bertz CT molecular complexity index is 770. The van der Waals surface area contributed by atoms with Crippen LogP contribution in [0, 0.1) is 16.0 Å². The molecule has 0 aliphatic heterocycles. The van der Waals surface area contributed by atoms with Crippen LogP contribution in [-0.4, -0.2) is 27.9 Å². The van der Waals surface area contributed by atoms with Crippen molar-refractivity contribution in [2.75, 3.05) is 0 Å². The van der Waals surface area contributed by atoms with Crippen LogP contribution in [0.1, 0.15) is 29.9 Å². The Balaban J connectivity index is 2.27. The van der Waals surface area contributed by atoms with Gasteiger partial charge in [-0.05, 0) is 18.1 Å². The first-order chi connectivity index (χ1) is 10.8. The van der Waals surface area contributed by atoms with Crippen molar-refractivity contribution < 1.29 is 19.6 Å². The summed E-state index contributed by atoms with van der Waals surface area (Å²) in [5.74, 6) is -1.77. The maximum Gasteiger partial charge on any atom is 0.326 e. The molecule has 7 nitrogen and oxygen atoms in total. The van der Waals surface area contributed by atoms with Gasteiger partial charge in [0.15, 0.2) is 0 Å². The summed E-state index contributed by atoms with van der Waals surface area (Å²) >= 11 is 1.17. The number of fused-ring (bicyclic) bond motifs is 1. The lowest BCUT2D eigenvalue weighted by molar-refractivity contribution is -0.384. The van der Waals surface area contributed by atoms with Crippen LogP contribution in [0.2, 0.25) is 0 Å². The topological polar surface area (TPSA) is 110 Å². The van der Waals surface area contributed by atoms with Gasteiger partial charge in [0.25, 0.3) is 11.6 Å². The van der Waals surface area contributed by atoms with Gasteiger partial charge in [-0.3, -0.25) is 14.9 Å². The van der Waals surface area contributed by atoms with Gasteiger partial charge in [-0.25, -0.2) is 4.79 Å². The fourth-order valence-electron chi connectivity index (χ4n) is 2.15. The molecule has 0 saturated heterocycles. The number of nitro benzene ring substituents is 1. The summed E-state index contributed by atoms with van der Waals surface area (Å²) in [6.45, 7) is 3.61. The number of carboxylic acid groups (broad SMARTS) is 1. The Morgan fingerprint density at radius 3 is 2.65 bits per heavy atom. The third-order valence-electron chi connectivity index (χ3n) is 3.70. The van der Waals surface area contributed by atoms with Gasteiger partial charge in [0, 0.05) is 22.2 Å². The summed E-state index contributed by atoms with van der Waals surface area (Å²) in [6, 6.07) is 4.92. The Hall–Kier alpha value is -2.48. The first-order valence-corrected chi connectivity index (χ1v) is 7.86. The van der Waals surface area contributed by atoms with Crippen molar-refractivity contribution in [3.05, 3.63) is 39.3 Å². The molecule has 23 heavy (non-hydrogen) atoms. The molecule has 1 heterocycles. The molecule has 122 valence electrons. The summed E-state index contributed by atoms with van der Waals surface area (Å²) in [4.78, 5) is 34.1. The van der Waals surface area contributed by atoms with Crippen LogP contribution in [0.4, 0.5) is 5.69 Å². The first-order valence-electron chi connectivity index (χ1n) is 7.05. The van der Waals surface area contributed by atoms with Crippen molar-refractivity contribution in [1.82, 2.24) is 5.32 Å². The fourth-order valence-corrected chi connectivity index (χ4v) is 3.10. The number of rotatable bonds is 6. The first kappa shape index (κ1) is 16.9. The molecule has 0 saturated carbocycles. The predicted octanol–water partition coefficient (Wildman–Crippen LogP) is 3.04. The maximum atomic E-state index is 12.3. The largest absolute Gasteiger partial charge is 0.480 e. The van der Waals surface area contributed by atoms with E-state index in [0.717, 1.165) is 4.70 Å². The van der Waals surface area contributed by atoms with E-state index in [2.05, 4.69) is 5.32 Å². The van der Waals surface area contributed by atoms with Crippen molar-refractivity contribution in [3.8, 4) is 0 Å². The zero-order valence-electron chi connectivity index (χ0n) is 12.6. The highest BCUT2D eigenvalue weighted by molar-refractivity contribution is 7.20. The molecular weight excluding hydrogens is 320 g/mol. The van der Waals surface area contributed by atoms with Crippen LogP contribution in [0.3, 0.4) is 0 Å². The molecule has 0 bridgehead atoms. The second kappa shape index (κ2) is 6.74. The van der Waals surface area contributed by atoms with E-state index >= 15 is 0 Å². The Morgan fingerprint density at radius 2 is 2.09 bits per heavy atom. The minimum atomic E-state index is -1.08. The summed E-state index contributed by atoms with van der Waals surface area (Å²) in [5, 5.41) is 23.1. The van der Waals surface area contributed by atoms with Crippen LogP contribution in [0.5, 0.6) is 0 Å². The smallest absolute Gasteiger partial charge is 0.326 e. The molecule has 2 unspecified atom stereocenters. The number of amides is 1. The summed E-state index contributed by atoms with van der Waals surface area (Å²) in [5.41, 5.74) is -0.0507. The highest BCUT2D eigenvalue weighted by atomic mass is 32.1. The van der Waals surface area contributed by atoms with Crippen molar-refractivity contribution in [1.29, 1.82) is 0 Å². The van der Waals surface area contributed by atoms with E-state index in [4.69, 9.17) is 0 Å². The minimum Gasteiger partial charge on any atom is -0.480 e. The normalized spacial score (nSPS) is 13.5. The van der Waals surface area contributed by atoms with Crippen LogP contribution in [0.15, 0.2) is 24.3 Å². The third kappa shape index (κ3) is 3.65. The molecule has 2 N–H and O–H groups in total. The fraction of sp³-hybridized carbons (Fsp3) is 0.333. The van der Waals surface area contributed by atoms with Gasteiger partial charge in [-0.15, -0.1) is 11.3 Å². The molecule has 0 aliphatic rings. The number of benzene rings is 1. The number of nitrogens with zero attached hydrogens (tertiary/aromatic N) is 1. The van der Waals surface area contributed by atoms with E-state index in [9.17, 15) is 24.8 Å². The van der Waals surface area contributed by atoms with Crippen LogP contribution >= 0.6 is 11.3 Å². The molecule has 1 aromatic heterocycles. The highest BCUT2D eigenvalue weighted by Gasteiger charge is 2.26. The molecule has 2 atom stereocenters. The lowest BCUT2D eigenvalue weighted by atomic mass is 9.99. The molecule has 0 radical (unpaired) electrons. The SMILES string of the molecule is CCC(C)C(NC(=O)c1cc2cc([N+](=O)[O-])ccc2s1)C(=O)O. The molecule has 1 aromatic carbocycles. The summed E-state index contributed by atoms with van der Waals surface area (Å²) < 4.78 is 0.733. The zero-order valence-corrected chi connectivity index (χ0v) is 13.4. The maximum absolute atomic E-state index is 12.3. The van der Waals surface area contributed by atoms with E-state index in [-0.39, 0.29) is 11.6 Å². The quantitative estimate of drug-likeness (QED) is 0.622. The van der Waals surface area contributed by atoms with Gasteiger partial charge < -0.3 is 10.4 Å². The third-order valence-corrected chi connectivity index (χ3v) is 4.81. The Labute approximate surface area is 136 Å². The van der Waals surface area contributed by atoms with E-state index in [1.807, 2.05) is 6.92 Å². The number of nitrogens with one attached hydrogen (secondary N) is 1. The number of non-ortho nitro benzene ring substituents is 1. The van der Waals surface area contributed by atoms with E-state index in [0.29, 0.717) is 16.7 Å². The predicted molar refractivity (Wildman–Crippen MR) is 86.8 cm³/mol. The van der Waals surface area contributed by atoms with Crippen molar-refractivity contribution in [2.45, 2.75) is 26.3 Å².